The number of carbonyl (C=O) groups is 1. The van der Waals surface area contributed by atoms with Crippen molar-refractivity contribution < 1.29 is 9.53 Å². The Hall–Kier alpha value is -2.70. The molecular formula is C23H24ClN3O2S. The third-order valence-electron chi connectivity index (χ3n) is 4.45. The van der Waals surface area contributed by atoms with Crippen LogP contribution in [0.1, 0.15) is 42.1 Å². The molecule has 0 bridgehead atoms. The number of unbranched alkanes of at least 4 members (excludes halogenated alkanes) is 2. The standard InChI is InChI=1S/C23H24ClN3O2S/c1-3-4-9-14-29-22(28)18-11-6-5-10-17(18)15-25-27(2)23-26-21(16-30-23)19-12-7-8-13-20(19)24/h5-8,10-13,15-16H,3-4,9,14H2,1-2H3/b25-15+. The zero-order chi connectivity index (χ0) is 21.3. The molecule has 0 saturated heterocycles. The summed E-state index contributed by atoms with van der Waals surface area (Å²) in [6.45, 7) is 2.55. The number of hydrazone groups is 1. The number of nitrogens with zero attached hydrogens (tertiary/aromatic N) is 3. The van der Waals surface area contributed by atoms with E-state index in [4.69, 9.17) is 16.3 Å². The van der Waals surface area contributed by atoms with Crippen LogP contribution in [0.5, 0.6) is 0 Å². The summed E-state index contributed by atoms with van der Waals surface area (Å²) < 4.78 is 5.39. The average Bonchev–Trinajstić information content (AvgIpc) is 3.25. The normalized spacial score (nSPS) is 11.0. The lowest BCUT2D eigenvalue weighted by atomic mass is 10.1. The predicted octanol–water partition coefficient (Wildman–Crippen LogP) is 6.28. The highest BCUT2D eigenvalue weighted by molar-refractivity contribution is 7.14. The summed E-state index contributed by atoms with van der Waals surface area (Å²) in [5.41, 5.74) is 2.89. The lowest BCUT2D eigenvalue weighted by Gasteiger charge is -2.10. The summed E-state index contributed by atoms with van der Waals surface area (Å²) in [6.07, 6.45) is 4.66. The van der Waals surface area contributed by atoms with Gasteiger partial charge >= 0.3 is 5.97 Å². The van der Waals surface area contributed by atoms with E-state index in [0.29, 0.717) is 22.8 Å². The SMILES string of the molecule is CCCCCOC(=O)c1ccccc1/C=N/N(C)c1nc(-c2ccccc2Cl)cs1. The molecule has 156 valence electrons. The molecule has 0 aliphatic heterocycles. The van der Waals surface area contributed by atoms with Crippen LogP contribution in [0.25, 0.3) is 11.3 Å². The summed E-state index contributed by atoms with van der Waals surface area (Å²) in [6, 6.07) is 14.9. The summed E-state index contributed by atoms with van der Waals surface area (Å²) in [4.78, 5) is 17.0. The Kier molecular flexibility index (Phi) is 7.99. The van der Waals surface area contributed by atoms with Gasteiger partial charge in [-0.1, -0.05) is 67.8 Å². The second-order valence-corrected chi connectivity index (χ2v) is 7.94. The van der Waals surface area contributed by atoms with Crippen LogP contribution in [0.3, 0.4) is 0 Å². The summed E-state index contributed by atoms with van der Waals surface area (Å²) in [5.74, 6) is -0.328. The molecule has 3 rings (SSSR count). The quantitative estimate of drug-likeness (QED) is 0.170. The maximum Gasteiger partial charge on any atom is 0.338 e. The van der Waals surface area contributed by atoms with Gasteiger partial charge in [0.25, 0.3) is 0 Å². The van der Waals surface area contributed by atoms with E-state index >= 15 is 0 Å². The molecule has 7 heteroatoms. The minimum Gasteiger partial charge on any atom is -0.462 e. The molecule has 0 atom stereocenters. The van der Waals surface area contributed by atoms with Crippen LogP contribution in [0.4, 0.5) is 5.13 Å². The van der Waals surface area contributed by atoms with E-state index in [-0.39, 0.29) is 5.97 Å². The molecule has 0 saturated carbocycles. The van der Waals surface area contributed by atoms with Crippen LogP contribution < -0.4 is 5.01 Å². The topological polar surface area (TPSA) is 54.8 Å². The minimum absolute atomic E-state index is 0.328. The van der Waals surface area contributed by atoms with E-state index in [9.17, 15) is 4.79 Å². The van der Waals surface area contributed by atoms with Crippen molar-refractivity contribution in [1.29, 1.82) is 0 Å². The van der Waals surface area contributed by atoms with Gasteiger partial charge in [0, 0.05) is 28.6 Å². The summed E-state index contributed by atoms with van der Waals surface area (Å²) in [5, 5.41) is 9.47. The van der Waals surface area contributed by atoms with E-state index in [0.717, 1.165) is 35.7 Å². The molecule has 0 N–H and O–H groups in total. The largest absolute Gasteiger partial charge is 0.462 e. The fourth-order valence-corrected chi connectivity index (χ4v) is 3.77. The molecule has 0 spiro atoms. The summed E-state index contributed by atoms with van der Waals surface area (Å²) >= 11 is 7.74. The number of halogens is 1. The van der Waals surface area contributed by atoms with Crippen molar-refractivity contribution in [3.8, 4) is 11.3 Å². The molecule has 30 heavy (non-hydrogen) atoms. The van der Waals surface area contributed by atoms with Gasteiger partial charge in [0.05, 0.1) is 24.1 Å². The number of ether oxygens (including phenoxy) is 1. The van der Waals surface area contributed by atoms with Gasteiger partial charge in [0.1, 0.15) is 0 Å². The van der Waals surface area contributed by atoms with Crippen LogP contribution in [-0.4, -0.2) is 30.8 Å². The van der Waals surface area contributed by atoms with E-state index in [1.165, 1.54) is 11.3 Å². The molecule has 3 aromatic rings. The van der Waals surface area contributed by atoms with Gasteiger partial charge in [-0.25, -0.2) is 14.8 Å². The molecule has 0 aliphatic carbocycles. The molecule has 0 fully saturated rings. The fourth-order valence-electron chi connectivity index (χ4n) is 2.79. The molecule has 0 aliphatic rings. The maximum atomic E-state index is 12.4. The van der Waals surface area contributed by atoms with E-state index in [2.05, 4.69) is 17.0 Å². The number of aromatic nitrogens is 1. The number of hydrogen-bond donors (Lipinski definition) is 0. The second-order valence-electron chi connectivity index (χ2n) is 6.69. The number of thiazole rings is 1. The third-order valence-corrected chi connectivity index (χ3v) is 5.69. The maximum absolute atomic E-state index is 12.4. The van der Waals surface area contributed by atoms with Crippen molar-refractivity contribution >= 4 is 40.3 Å². The smallest absolute Gasteiger partial charge is 0.338 e. The van der Waals surface area contributed by atoms with Gasteiger partial charge < -0.3 is 4.74 Å². The zero-order valence-corrected chi connectivity index (χ0v) is 18.6. The molecule has 2 aromatic carbocycles. The van der Waals surface area contributed by atoms with Crippen LogP contribution in [-0.2, 0) is 4.74 Å². The van der Waals surface area contributed by atoms with Gasteiger partial charge in [-0.15, -0.1) is 11.3 Å². The van der Waals surface area contributed by atoms with Crippen molar-refractivity contribution in [3.05, 3.63) is 70.1 Å². The minimum atomic E-state index is -0.328. The van der Waals surface area contributed by atoms with E-state index < -0.39 is 0 Å². The highest BCUT2D eigenvalue weighted by Crippen LogP contribution is 2.31. The lowest BCUT2D eigenvalue weighted by molar-refractivity contribution is 0.0498. The number of carbonyl (C=O) groups excluding carboxylic acids is 1. The highest BCUT2D eigenvalue weighted by Gasteiger charge is 2.13. The Bertz CT molecular complexity index is 1020. The molecular weight excluding hydrogens is 418 g/mol. The molecule has 0 radical (unpaired) electrons. The van der Waals surface area contributed by atoms with Gasteiger partial charge in [0.15, 0.2) is 0 Å². The van der Waals surface area contributed by atoms with Crippen LogP contribution >= 0.6 is 22.9 Å². The first-order valence-electron chi connectivity index (χ1n) is 9.84. The number of benzene rings is 2. The Balaban J connectivity index is 1.70. The number of hydrogen-bond acceptors (Lipinski definition) is 6. The van der Waals surface area contributed by atoms with Crippen molar-refractivity contribution in [3.63, 3.8) is 0 Å². The number of esters is 1. The molecule has 5 nitrogen and oxygen atoms in total. The van der Waals surface area contributed by atoms with E-state index in [1.54, 1.807) is 17.3 Å². The predicted molar refractivity (Wildman–Crippen MR) is 125 cm³/mol. The first-order valence-corrected chi connectivity index (χ1v) is 11.1. The molecule has 0 unspecified atom stereocenters. The molecule has 1 aromatic heterocycles. The lowest BCUT2D eigenvalue weighted by Crippen LogP contribution is -2.12. The van der Waals surface area contributed by atoms with Crippen molar-refractivity contribution in [2.75, 3.05) is 18.7 Å². The Morgan fingerprint density at radius 3 is 2.77 bits per heavy atom. The molecule has 0 amide bonds. The van der Waals surface area contributed by atoms with Crippen LogP contribution in [0.2, 0.25) is 5.02 Å². The monoisotopic (exact) mass is 441 g/mol. The van der Waals surface area contributed by atoms with Gasteiger partial charge in [-0.05, 0) is 18.6 Å². The number of rotatable bonds is 9. The van der Waals surface area contributed by atoms with Gasteiger partial charge in [-0.3, -0.25) is 0 Å². The van der Waals surface area contributed by atoms with Gasteiger partial charge in [-0.2, -0.15) is 5.10 Å². The average molecular weight is 442 g/mol. The Morgan fingerprint density at radius 2 is 1.97 bits per heavy atom. The van der Waals surface area contributed by atoms with Gasteiger partial charge in [0.2, 0.25) is 5.13 Å². The van der Waals surface area contributed by atoms with Crippen molar-refractivity contribution in [2.45, 2.75) is 26.2 Å². The van der Waals surface area contributed by atoms with Crippen molar-refractivity contribution in [2.24, 2.45) is 5.10 Å². The number of anilines is 1. The highest BCUT2D eigenvalue weighted by atomic mass is 35.5. The molecule has 1 heterocycles. The first kappa shape index (κ1) is 22.0. The van der Waals surface area contributed by atoms with Crippen LogP contribution in [0.15, 0.2) is 59.0 Å². The first-order chi connectivity index (χ1) is 14.6. The Morgan fingerprint density at radius 1 is 1.20 bits per heavy atom. The van der Waals surface area contributed by atoms with E-state index in [1.807, 2.05) is 54.9 Å². The Labute approximate surface area is 186 Å². The fraction of sp³-hybridized carbons (Fsp3) is 0.261. The zero-order valence-electron chi connectivity index (χ0n) is 17.0. The summed E-state index contributed by atoms with van der Waals surface area (Å²) in [7, 11) is 1.82. The third kappa shape index (κ3) is 5.68. The van der Waals surface area contributed by atoms with Crippen molar-refractivity contribution in [1.82, 2.24) is 4.98 Å². The second kappa shape index (κ2) is 10.9. The van der Waals surface area contributed by atoms with Crippen LogP contribution in [0, 0.1) is 0 Å².